The maximum absolute atomic E-state index is 12.7. The van der Waals surface area contributed by atoms with Gasteiger partial charge in [-0.05, 0) is 30.5 Å². The topological polar surface area (TPSA) is 67.9 Å². The predicted molar refractivity (Wildman–Crippen MR) is 109 cm³/mol. The SMILES string of the molecule is O=C(NCC1COc2ccccc2O1)C1CCCN(C(=O)Cc2ccccc2)C1. The molecule has 6 heteroatoms. The summed E-state index contributed by atoms with van der Waals surface area (Å²) in [6, 6.07) is 17.2. The van der Waals surface area contributed by atoms with Crippen LogP contribution in [0, 0.1) is 5.92 Å². The molecule has 6 nitrogen and oxygen atoms in total. The van der Waals surface area contributed by atoms with Gasteiger partial charge >= 0.3 is 0 Å². The number of para-hydroxylation sites is 2. The van der Waals surface area contributed by atoms with Crippen molar-refractivity contribution in [3.63, 3.8) is 0 Å². The molecule has 0 radical (unpaired) electrons. The number of rotatable bonds is 5. The first-order valence-corrected chi connectivity index (χ1v) is 10.2. The fourth-order valence-electron chi connectivity index (χ4n) is 3.82. The summed E-state index contributed by atoms with van der Waals surface area (Å²) in [4.78, 5) is 27.1. The van der Waals surface area contributed by atoms with E-state index < -0.39 is 0 Å². The normalized spacial score (nSPS) is 20.8. The number of fused-ring (bicyclic) bond motifs is 1. The summed E-state index contributed by atoms with van der Waals surface area (Å²) >= 11 is 0. The smallest absolute Gasteiger partial charge is 0.227 e. The highest BCUT2D eigenvalue weighted by atomic mass is 16.6. The largest absolute Gasteiger partial charge is 0.486 e. The van der Waals surface area contributed by atoms with Crippen LogP contribution in [0.2, 0.25) is 0 Å². The van der Waals surface area contributed by atoms with E-state index in [1.807, 2.05) is 59.5 Å². The maximum atomic E-state index is 12.7. The zero-order chi connectivity index (χ0) is 20.1. The van der Waals surface area contributed by atoms with Crippen LogP contribution in [0.3, 0.4) is 0 Å². The van der Waals surface area contributed by atoms with Gasteiger partial charge in [0, 0.05) is 13.1 Å². The van der Waals surface area contributed by atoms with Gasteiger partial charge in [0.2, 0.25) is 11.8 Å². The molecule has 2 aliphatic rings. The molecular weight excluding hydrogens is 368 g/mol. The van der Waals surface area contributed by atoms with E-state index in [9.17, 15) is 9.59 Å². The first-order chi connectivity index (χ1) is 14.2. The van der Waals surface area contributed by atoms with Crippen LogP contribution in [0.15, 0.2) is 54.6 Å². The highest BCUT2D eigenvalue weighted by Gasteiger charge is 2.29. The number of amides is 2. The van der Waals surface area contributed by atoms with Crippen LogP contribution in [-0.4, -0.2) is 49.1 Å². The van der Waals surface area contributed by atoms with E-state index in [2.05, 4.69) is 5.32 Å². The number of ether oxygens (including phenoxy) is 2. The van der Waals surface area contributed by atoms with Crippen LogP contribution in [0.5, 0.6) is 11.5 Å². The monoisotopic (exact) mass is 394 g/mol. The first kappa shape index (κ1) is 19.3. The number of carbonyl (C=O) groups excluding carboxylic acids is 2. The standard InChI is InChI=1S/C23H26N2O4/c26-22(13-17-7-2-1-3-8-17)25-12-6-9-18(15-25)23(27)24-14-19-16-28-20-10-4-5-11-21(20)29-19/h1-5,7-8,10-11,18-19H,6,9,12-16H2,(H,24,27). The van der Waals surface area contributed by atoms with E-state index >= 15 is 0 Å². The number of likely N-dealkylation sites (tertiary alicyclic amines) is 1. The van der Waals surface area contributed by atoms with Gasteiger partial charge in [-0.1, -0.05) is 42.5 Å². The molecule has 2 amide bonds. The molecule has 2 aromatic rings. The van der Waals surface area contributed by atoms with Gasteiger partial charge in [0.15, 0.2) is 11.5 Å². The molecule has 2 heterocycles. The minimum atomic E-state index is -0.215. The molecule has 0 bridgehead atoms. The lowest BCUT2D eigenvalue weighted by atomic mass is 9.96. The van der Waals surface area contributed by atoms with Gasteiger partial charge < -0.3 is 19.7 Å². The van der Waals surface area contributed by atoms with Crippen molar-refractivity contribution in [2.24, 2.45) is 5.92 Å². The van der Waals surface area contributed by atoms with E-state index in [4.69, 9.17) is 9.47 Å². The van der Waals surface area contributed by atoms with E-state index in [0.717, 1.165) is 24.2 Å². The van der Waals surface area contributed by atoms with Crippen LogP contribution in [0.25, 0.3) is 0 Å². The van der Waals surface area contributed by atoms with Crippen molar-refractivity contribution in [2.75, 3.05) is 26.2 Å². The number of nitrogens with zero attached hydrogens (tertiary/aromatic N) is 1. The second-order valence-electron chi connectivity index (χ2n) is 7.58. The van der Waals surface area contributed by atoms with E-state index in [0.29, 0.717) is 38.4 Å². The molecule has 152 valence electrons. The Hall–Kier alpha value is -3.02. The quantitative estimate of drug-likeness (QED) is 0.846. The van der Waals surface area contributed by atoms with E-state index in [-0.39, 0.29) is 23.8 Å². The zero-order valence-corrected chi connectivity index (χ0v) is 16.4. The Kier molecular flexibility index (Phi) is 5.98. The summed E-state index contributed by atoms with van der Waals surface area (Å²) in [5, 5.41) is 2.98. The molecule has 2 aromatic carbocycles. The van der Waals surface area contributed by atoms with Gasteiger partial charge in [0.1, 0.15) is 12.7 Å². The molecule has 4 rings (SSSR count). The summed E-state index contributed by atoms with van der Waals surface area (Å²) in [7, 11) is 0. The summed E-state index contributed by atoms with van der Waals surface area (Å²) < 4.78 is 11.6. The van der Waals surface area contributed by atoms with Crippen LogP contribution < -0.4 is 14.8 Å². The third-order valence-electron chi connectivity index (χ3n) is 5.41. The average Bonchev–Trinajstić information content (AvgIpc) is 2.78. The van der Waals surface area contributed by atoms with E-state index in [1.165, 1.54) is 0 Å². The number of hydrogen-bond donors (Lipinski definition) is 1. The number of carbonyl (C=O) groups is 2. The highest BCUT2D eigenvalue weighted by Crippen LogP contribution is 2.30. The van der Waals surface area contributed by atoms with Crippen molar-refractivity contribution >= 4 is 11.8 Å². The molecule has 0 saturated carbocycles. The molecule has 2 unspecified atom stereocenters. The molecule has 1 fully saturated rings. The molecular formula is C23H26N2O4. The van der Waals surface area contributed by atoms with Crippen LogP contribution >= 0.6 is 0 Å². The molecule has 2 aliphatic heterocycles. The number of piperidine rings is 1. The van der Waals surface area contributed by atoms with Gasteiger partial charge in [-0.15, -0.1) is 0 Å². The Morgan fingerprint density at radius 1 is 1.03 bits per heavy atom. The van der Waals surface area contributed by atoms with Crippen LogP contribution in [-0.2, 0) is 16.0 Å². The summed E-state index contributed by atoms with van der Waals surface area (Å²) in [6.45, 7) is 1.99. The van der Waals surface area contributed by atoms with Gasteiger partial charge in [0.05, 0.1) is 18.9 Å². The van der Waals surface area contributed by atoms with Gasteiger partial charge in [-0.2, -0.15) is 0 Å². The molecule has 29 heavy (non-hydrogen) atoms. The summed E-state index contributed by atoms with van der Waals surface area (Å²) in [5.41, 5.74) is 0.999. The molecule has 1 saturated heterocycles. The fourth-order valence-corrected chi connectivity index (χ4v) is 3.82. The Morgan fingerprint density at radius 2 is 1.79 bits per heavy atom. The van der Waals surface area contributed by atoms with Crippen molar-refractivity contribution < 1.29 is 19.1 Å². The van der Waals surface area contributed by atoms with Gasteiger partial charge in [-0.25, -0.2) is 0 Å². The summed E-state index contributed by atoms with van der Waals surface area (Å²) in [6.07, 6.45) is 1.80. The Morgan fingerprint density at radius 3 is 2.62 bits per heavy atom. The summed E-state index contributed by atoms with van der Waals surface area (Å²) in [5.74, 6) is 1.31. The maximum Gasteiger partial charge on any atom is 0.227 e. The average molecular weight is 394 g/mol. The number of benzene rings is 2. The zero-order valence-electron chi connectivity index (χ0n) is 16.4. The molecule has 0 aliphatic carbocycles. The Labute approximate surface area is 170 Å². The van der Waals surface area contributed by atoms with Crippen molar-refractivity contribution in [3.8, 4) is 11.5 Å². The van der Waals surface area contributed by atoms with Crippen LogP contribution in [0.4, 0.5) is 0 Å². The van der Waals surface area contributed by atoms with Crippen molar-refractivity contribution in [1.82, 2.24) is 10.2 Å². The molecule has 2 atom stereocenters. The second kappa shape index (κ2) is 8.99. The molecule has 1 N–H and O–H groups in total. The highest BCUT2D eigenvalue weighted by molar-refractivity contribution is 5.82. The van der Waals surface area contributed by atoms with Crippen LogP contribution in [0.1, 0.15) is 18.4 Å². The van der Waals surface area contributed by atoms with Crippen molar-refractivity contribution in [3.05, 3.63) is 60.2 Å². The third kappa shape index (κ3) is 4.88. The second-order valence-corrected chi connectivity index (χ2v) is 7.58. The Bertz CT molecular complexity index is 855. The molecule has 0 aromatic heterocycles. The predicted octanol–water partition coefficient (Wildman–Crippen LogP) is 2.42. The number of nitrogens with one attached hydrogen (secondary N) is 1. The van der Waals surface area contributed by atoms with Crippen molar-refractivity contribution in [1.29, 1.82) is 0 Å². The van der Waals surface area contributed by atoms with E-state index in [1.54, 1.807) is 0 Å². The fraction of sp³-hybridized carbons (Fsp3) is 0.391. The molecule has 0 spiro atoms. The minimum Gasteiger partial charge on any atom is -0.486 e. The lowest BCUT2D eigenvalue weighted by Gasteiger charge is -2.33. The minimum absolute atomic E-state index is 0.0235. The number of hydrogen-bond acceptors (Lipinski definition) is 4. The van der Waals surface area contributed by atoms with Crippen molar-refractivity contribution in [2.45, 2.75) is 25.4 Å². The van der Waals surface area contributed by atoms with Gasteiger partial charge in [0.25, 0.3) is 0 Å². The third-order valence-corrected chi connectivity index (χ3v) is 5.41. The lowest BCUT2D eigenvalue weighted by Crippen LogP contribution is -2.48. The van der Waals surface area contributed by atoms with Gasteiger partial charge in [-0.3, -0.25) is 9.59 Å². The Balaban J connectivity index is 1.26. The lowest BCUT2D eigenvalue weighted by molar-refractivity contribution is -0.135. The first-order valence-electron chi connectivity index (χ1n) is 10.2.